The second-order valence-electron chi connectivity index (χ2n) is 7.42. The Morgan fingerprint density at radius 2 is 1.96 bits per heavy atom. The van der Waals surface area contributed by atoms with E-state index in [4.69, 9.17) is 9.15 Å². The molecule has 1 saturated carbocycles. The van der Waals surface area contributed by atoms with E-state index in [0.29, 0.717) is 18.3 Å². The van der Waals surface area contributed by atoms with Gasteiger partial charge in [-0.3, -0.25) is 9.59 Å². The van der Waals surface area contributed by atoms with E-state index in [1.54, 1.807) is 7.11 Å². The maximum atomic E-state index is 12.8. The second kappa shape index (κ2) is 12.2. The molecule has 2 rings (SSSR count). The quantitative estimate of drug-likeness (QED) is 0.336. The average Bonchev–Trinajstić information content (AvgIpc) is 2.96. The number of methoxy groups -OCH3 is 1. The number of carbonyl (C=O) groups excluding carboxylic acids is 2. The molecule has 1 N–H and O–H groups in total. The zero-order valence-corrected chi connectivity index (χ0v) is 17.9. The number of carbonyl (C=O) groups is 2. The highest BCUT2D eigenvalue weighted by molar-refractivity contribution is 7.99. The maximum absolute atomic E-state index is 12.8. The van der Waals surface area contributed by atoms with Crippen LogP contribution in [0, 0.1) is 5.92 Å². The number of thioether (sulfide) groups is 1. The van der Waals surface area contributed by atoms with E-state index in [1.165, 1.54) is 24.6 Å². The van der Waals surface area contributed by atoms with Crippen LogP contribution in [0.3, 0.4) is 0 Å². The Kier molecular flexibility index (Phi) is 9.94. The lowest BCUT2D eigenvalue weighted by Crippen LogP contribution is -2.44. The van der Waals surface area contributed by atoms with Gasteiger partial charge >= 0.3 is 0 Å². The summed E-state index contributed by atoms with van der Waals surface area (Å²) in [7, 11) is 5.54. The summed E-state index contributed by atoms with van der Waals surface area (Å²) in [5, 5.41) is 11.1. The standard InChI is InChI=1S/C19H32N4O4S/c1-23(2)11-13-28-19-22-21-18(27-19)16(24)15(10-12-26-3)20-17(25)14-8-6-4-5-7-9-14/h14-15H,4-13H2,1-3H3,(H,20,25). The minimum Gasteiger partial charge on any atom is -0.408 e. The van der Waals surface area contributed by atoms with Gasteiger partial charge in [0.1, 0.15) is 0 Å². The first-order valence-corrected chi connectivity index (χ1v) is 10.9. The third kappa shape index (κ3) is 7.52. The Hall–Kier alpha value is -1.45. The van der Waals surface area contributed by atoms with Gasteiger partial charge in [-0.1, -0.05) is 37.4 Å². The molecule has 1 heterocycles. The molecule has 0 radical (unpaired) electrons. The Balaban J connectivity index is 1.97. The molecule has 28 heavy (non-hydrogen) atoms. The van der Waals surface area contributed by atoms with Gasteiger partial charge < -0.3 is 19.4 Å². The van der Waals surface area contributed by atoms with Crippen molar-refractivity contribution in [2.75, 3.05) is 40.1 Å². The van der Waals surface area contributed by atoms with Gasteiger partial charge in [-0.05, 0) is 33.4 Å². The summed E-state index contributed by atoms with van der Waals surface area (Å²) in [4.78, 5) is 27.6. The molecule has 1 atom stereocenters. The van der Waals surface area contributed by atoms with Crippen molar-refractivity contribution in [1.29, 1.82) is 0 Å². The molecule has 1 aromatic rings. The number of hydrogen-bond donors (Lipinski definition) is 1. The van der Waals surface area contributed by atoms with E-state index in [2.05, 4.69) is 20.4 Å². The van der Waals surface area contributed by atoms with Crippen LogP contribution >= 0.6 is 11.8 Å². The monoisotopic (exact) mass is 412 g/mol. The molecule has 1 aliphatic rings. The van der Waals surface area contributed by atoms with Crippen molar-refractivity contribution < 1.29 is 18.7 Å². The second-order valence-corrected chi connectivity index (χ2v) is 8.47. The Labute approximate surface area is 171 Å². The zero-order valence-electron chi connectivity index (χ0n) is 17.1. The van der Waals surface area contributed by atoms with Gasteiger partial charge in [0.15, 0.2) is 0 Å². The van der Waals surface area contributed by atoms with Crippen LogP contribution in [-0.4, -0.2) is 72.9 Å². The van der Waals surface area contributed by atoms with Crippen LogP contribution in [0.15, 0.2) is 9.64 Å². The number of ketones is 1. The van der Waals surface area contributed by atoms with Crippen LogP contribution in [0.5, 0.6) is 0 Å². The van der Waals surface area contributed by atoms with Crippen LogP contribution < -0.4 is 5.32 Å². The highest BCUT2D eigenvalue weighted by atomic mass is 32.2. The molecule has 0 aliphatic heterocycles. The lowest BCUT2D eigenvalue weighted by Gasteiger charge is -2.20. The van der Waals surface area contributed by atoms with Crippen molar-refractivity contribution in [2.45, 2.75) is 56.2 Å². The fourth-order valence-electron chi connectivity index (χ4n) is 3.17. The SMILES string of the molecule is COCCC(NC(=O)C1CCCCCC1)C(=O)c1nnc(SCCN(C)C)o1. The number of ether oxygens (including phenoxy) is 1. The van der Waals surface area contributed by atoms with Crippen LogP contribution in [0.25, 0.3) is 0 Å². The lowest BCUT2D eigenvalue weighted by atomic mass is 9.98. The van der Waals surface area contributed by atoms with Crippen molar-refractivity contribution in [3.63, 3.8) is 0 Å². The summed E-state index contributed by atoms with van der Waals surface area (Å²) in [6.45, 7) is 1.23. The van der Waals surface area contributed by atoms with Crippen LogP contribution in [0.4, 0.5) is 0 Å². The molecular weight excluding hydrogens is 380 g/mol. The fraction of sp³-hybridized carbons (Fsp3) is 0.789. The van der Waals surface area contributed by atoms with Gasteiger partial charge in [-0.15, -0.1) is 10.2 Å². The molecule has 1 unspecified atom stereocenters. The lowest BCUT2D eigenvalue weighted by molar-refractivity contribution is -0.126. The first-order valence-electron chi connectivity index (χ1n) is 9.95. The average molecular weight is 413 g/mol. The largest absolute Gasteiger partial charge is 0.408 e. The van der Waals surface area contributed by atoms with E-state index in [9.17, 15) is 9.59 Å². The summed E-state index contributed by atoms with van der Waals surface area (Å²) in [5.74, 6) is 0.283. The Bertz CT molecular complexity index is 615. The minimum atomic E-state index is -0.712. The molecule has 0 bridgehead atoms. The molecular formula is C19H32N4O4S. The van der Waals surface area contributed by atoms with Gasteiger partial charge in [0, 0.05) is 31.9 Å². The van der Waals surface area contributed by atoms with Gasteiger partial charge in [0.05, 0.1) is 6.04 Å². The number of rotatable bonds is 11. The van der Waals surface area contributed by atoms with Crippen molar-refractivity contribution in [3.8, 4) is 0 Å². The normalized spacial score (nSPS) is 16.7. The van der Waals surface area contributed by atoms with Crippen molar-refractivity contribution in [3.05, 3.63) is 5.89 Å². The summed E-state index contributed by atoms with van der Waals surface area (Å²) in [6, 6.07) is -0.712. The zero-order chi connectivity index (χ0) is 20.4. The predicted octanol–water partition coefficient (Wildman–Crippen LogP) is 2.40. The summed E-state index contributed by atoms with van der Waals surface area (Å²) in [6.07, 6.45) is 6.60. The highest BCUT2D eigenvalue weighted by Crippen LogP contribution is 2.23. The molecule has 0 spiro atoms. The molecule has 1 aromatic heterocycles. The highest BCUT2D eigenvalue weighted by Gasteiger charge is 2.29. The Morgan fingerprint density at radius 1 is 1.25 bits per heavy atom. The third-order valence-electron chi connectivity index (χ3n) is 4.85. The van der Waals surface area contributed by atoms with Gasteiger partial charge in [0.25, 0.3) is 11.1 Å². The molecule has 8 nitrogen and oxygen atoms in total. The molecule has 0 aromatic carbocycles. The number of nitrogens with one attached hydrogen (secondary N) is 1. The molecule has 9 heteroatoms. The number of nitrogens with zero attached hydrogens (tertiary/aromatic N) is 3. The van der Waals surface area contributed by atoms with Crippen molar-refractivity contribution in [1.82, 2.24) is 20.4 Å². The number of Topliss-reactive ketones (excluding diaryl/α,β-unsaturated/α-hetero) is 1. The van der Waals surface area contributed by atoms with Crippen LogP contribution in [-0.2, 0) is 9.53 Å². The predicted molar refractivity (Wildman–Crippen MR) is 108 cm³/mol. The smallest absolute Gasteiger partial charge is 0.286 e. The summed E-state index contributed by atoms with van der Waals surface area (Å²) in [5.41, 5.74) is 0. The maximum Gasteiger partial charge on any atom is 0.286 e. The number of amides is 1. The Morgan fingerprint density at radius 3 is 2.61 bits per heavy atom. The fourth-order valence-corrected chi connectivity index (χ4v) is 4.04. The van der Waals surface area contributed by atoms with Crippen molar-refractivity contribution in [2.24, 2.45) is 5.92 Å². The van der Waals surface area contributed by atoms with E-state index >= 15 is 0 Å². The van der Waals surface area contributed by atoms with E-state index in [0.717, 1.165) is 38.0 Å². The van der Waals surface area contributed by atoms with Gasteiger partial charge in [0.2, 0.25) is 11.7 Å². The van der Waals surface area contributed by atoms with E-state index < -0.39 is 6.04 Å². The van der Waals surface area contributed by atoms with Crippen molar-refractivity contribution >= 4 is 23.5 Å². The van der Waals surface area contributed by atoms with Crippen LogP contribution in [0.2, 0.25) is 0 Å². The third-order valence-corrected chi connectivity index (χ3v) is 5.65. The molecule has 1 amide bonds. The molecule has 1 aliphatic carbocycles. The summed E-state index contributed by atoms with van der Waals surface area (Å²) >= 11 is 1.41. The first kappa shape index (κ1) is 22.8. The number of hydrogen-bond acceptors (Lipinski definition) is 8. The molecule has 0 saturated heterocycles. The van der Waals surface area contributed by atoms with Gasteiger partial charge in [-0.25, -0.2) is 0 Å². The first-order chi connectivity index (χ1) is 13.5. The van der Waals surface area contributed by atoms with E-state index in [1.807, 2.05) is 14.1 Å². The van der Waals surface area contributed by atoms with E-state index in [-0.39, 0.29) is 23.5 Å². The number of aromatic nitrogens is 2. The minimum absolute atomic E-state index is 0.0276. The molecule has 158 valence electrons. The summed E-state index contributed by atoms with van der Waals surface area (Å²) < 4.78 is 10.6. The van der Waals surface area contributed by atoms with Gasteiger partial charge in [-0.2, -0.15) is 0 Å². The molecule has 1 fully saturated rings. The van der Waals surface area contributed by atoms with Crippen LogP contribution in [0.1, 0.15) is 55.6 Å². The topological polar surface area (TPSA) is 97.6 Å².